The van der Waals surface area contributed by atoms with Crippen LogP contribution in [0, 0.1) is 13.8 Å². The minimum atomic E-state index is -2.28. The second kappa shape index (κ2) is 4.00. The lowest BCUT2D eigenvalue weighted by atomic mass is 10.0. The zero-order valence-electron chi connectivity index (χ0n) is 7.79. The average molecular weight is 213 g/mol. The van der Waals surface area contributed by atoms with Gasteiger partial charge < -0.3 is 0 Å². The molecule has 0 aliphatic carbocycles. The average Bonchev–Trinajstić information content (AvgIpc) is 2.13. The Morgan fingerprint density at radius 2 is 1.64 bits per heavy atom. The molecule has 73 valence electrons. The zero-order valence-corrected chi connectivity index (χ0v) is 8.79. The molecule has 0 aromatic heterocycles. The highest BCUT2D eigenvalue weighted by Gasteiger charge is 2.12. The summed E-state index contributed by atoms with van der Waals surface area (Å²) in [7, 11) is 3.29. The van der Waals surface area contributed by atoms with Crippen LogP contribution in [0.3, 0.4) is 0 Å². The summed E-state index contributed by atoms with van der Waals surface area (Å²) >= 11 is 0. The van der Waals surface area contributed by atoms with Crippen molar-refractivity contribution in [1.82, 2.24) is 0 Å². The van der Waals surface area contributed by atoms with Crippen molar-refractivity contribution >= 4 is 21.3 Å². The van der Waals surface area contributed by atoms with Crippen LogP contribution >= 0.6 is 0 Å². The molecule has 1 aromatic rings. The van der Waals surface area contributed by atoms with Gasteiger partial charge in [0.2, 0.25) is 0 Å². The molecular formula is C10H8F3Si. The third-order valence-corrected chi connectivity index (χ3v) is 2.73. The molecule has 14 heavy (non-hydrogen) atoms. The fraction of sp³-hybridized carbons (Fsp3) is 0.200. The normalized spacial score (nSPS) is 10.1. The fourth-order valence-electron chi connectivity index (χ4n) is 1.16. The van der Waals surface area contributed by atoms with E-state index in [1.54, 1.807) is 19.9 Å². The molecule has 4 heteroatoms. The van der Waals surface area contributed by atoms with Gasteiger partial charge in [0.05, 0.1) is 10.2 Å². The lowest BCUT2D eigenvalue weighted by molar-refractivity contribution is 0.410. The summed E-state index contributed by atoms with van der Waals surface area (Å²) in [6, 6.07) is 2.89. The molecule has 1 aromatic carbocycles. The molecule has 0 amide bonds. The van der Waals surface area contributed by atoms with Gasteiger partial charge in [-0.3, -0.25) is 0 Å². The van der Waals surface area contributed by atoms with Crippen molar-refractivity contribution in [1.29, 1.82) is 0 Å². The molecule has 0 heterocycles. The van der Waals surface area contributed by atoms with E-state index < -0.39 is 11.9 Å². The van der Waals surface area contributed by atoms with Gasteiger partial charge in [0.15, 0.2) is 5.83 Å². The highest BCUT2D eigenvalue weighted by Crippen LogP contribution is 2.25. The third-order valence-electron chi connectivity index (χ3n) is 2.19. The molecule has 0 aliphatic rings. The highest BCUT2D eigenvalue weighted by atomic mass is 28.1. The molecular weight excluding hydrogens is 205 g/mol. The number of benzene rings is 1. The maximum Gasteiger partial charge on any atom is 0.306 e. The van der Waals surface area contributed by atoms with E-state index in [2.05, 4.69) is 10.2 Å². The Hall–Kier alpha value is -1.03. The lowest BCUT2D eigenvalue weighted by Gasteiger charge is -2.08. The second-order valence-electron chi connectivity index (χ2n) is 2.99. The van der Waals surface area contributed by atoms with Crippen LogP contribution in [0.5, 0.6) is 0 Å². The molecule has 0 spiro atoms. The van der Waals surface area contributed by atoms with Crippen LogP contribution in [0.1, 0.15) is 16.7 Å². The summed E-state index contributed by atoms with van der Waals surface area (Å²) in [4.78, 5) is 0. The van der Waals surface area contributed by atoms with Crippen LogP contribution in [0.4, 0.5) is 13.2 Å². The summed E-state index contributed by atoms with van der Waals surface area (Å²) in [6.45, 7) is 3.35. The van der Waals surface area contributed by atoms with Crippen LogP contribution in [0.2, 0.25) is 0 Å². The Kier molecular flexibility index (Phi) is 3.16. The van der Waals surface area contributed by atoms with Crippen molar-refractivity contribution in [2.75, 3.05) is 0 Å². The van der Waals surface area contributed by atoms with Crippen LogP contribution < -0.4 is 5.19 Å². The monoisotopic (exact) mass is 213 g/mol. The molecule has 0 N–H and O–H groups in total. The molecule has 1 rings (SSSR count). The predicted octanol–water partition coefficient (Wildman–Crippen LogP) is 2.63. The Morgan fingerprint density at radius 1 is 1.07 bits per heavy atom. The van der Waals surface area contributed by atoms with Gasteiger partial charge in [0, 0.05) is 5.56 Å². The van der Waals surface area contributed by atoms with Gasteiger partial charge in [-0.25, -0.2) is 4.39 Å². The van der Waals surface area contributed by atoms with Gasteiger partial charge in [-0.1, -0.05) is 17.3 Å². The first-order valence-corrected chi connectivity index (χ1v) is 4.48. The van der Waals surface area contributed by atoms with E-state index in [0.29, 0.717) is 5.56 Å². The molecule has 0 atom stereocenters. The van der Waals surface area contributed by atoms with E-state index in [1.807, 2.05) is 0 Å². The first-order valence-electron chi connectivity index (χ1n) is 3.98. The van der Waals surface area contributed by atoms with Gasteiger partial charge in [-0.15, -0.1) is 0 Å². The first-order chi connectivity index (χ1) is 6.45. The second-order valence-corrected chi connectivity index (χ2v) is 3.52. The van der Waals surface area contributed by atoms with E-state index in [4.69, 9.17) is 0 Å². The van der Waals surface area contributed by atoms with Gasteiger partial charge in [-0.2, -0.15) is 8.78 Å². The largest absolute Gasteiger partial charge is 0.306 e. The Morgan fingerprint density at radius 3 is 2.14 bits per heavy atom. The molecule has 0 saturated carbocycles. The Labute approximate surface area is 83.9 Å². The number of rotatable bonds is 1. The molecule has 3 radical (unpaired) electrons. The van der Waals surface area contributed by atoms with Crippen molar-refractivity contribution in [2.24, 2.45) is 0 Å². The minimum absolute atomic E-state index is 0.0514. The van der Waals surface area contributed by atoms with Crippen molar-refractivity contribution in [3.8, 4) is 0 Å². The molecule has 0 saturated heterocycles. The summed E-state index contributed by atoms with van der Waals surface area (Å²) in [6.07, 6.45) is -2.28. The van der Waals surface area contributed by atoms with Crippen LogP contribution in [-0.4, -0.2) is 10.2 Å². The van der Waals surface area contributed by atoms with Crippen LogP contribution in [0.25, 0.3) is 5.83 Å². The minimum Gasteiger partial charge on any atom is -0.200 e. The van der Waals surface area contributed by atoms with Crippen molar-refractivity contribution in [3.63, 3.8) is 0 Å². The number of hydrogen-bond acceptors (Lipinski definition) is 0. The Balaban J connectivity index is 3.39. The number of halogens is 3. The van der Waals surface area contributed by atoms with Gasteiger partial charge in [-0.05, 0) is 25.0 Å². The highest BCUT2D eigenvalue weighted by molar-refractivity contribution is 6.33. The van der Waals surface area contributed by atoms with E-state index in [0.717, 1.165) is 10.8 Å². The van der Waals surface area contributed by atoms with Crippen LogP contribution in [-0.2, 0) is 0 Å². The molecule has 0 unspecified atom stereocenters. The van der Waals surface area contributed by atoms with Gasteiger partial charge >= 0.3 is 6.08 Å². The SMILES string of the molecule is Cc1c([Si])ccc(C(F)=C(F)F)c1C. The standard InChI is InChI=1S/C10H8F3Si/c1-5-6(2)8(14)4-3-7(5)9(11)10(12)13/h3-4H,1-2H3. The molecule has 0 bridgehead atoms. The fourth-order valence-corrected chi connectivity index (χ4v) is 1.43. The smallest absolute Gasteiger partial charge is 0.200 e. The van der Waals surface area contributed by atoms with Gasteiger partial charge in [0.25, 0.3) is 0 Å². The van der Waals surface area contributed by atoms with E-state index in [-0.39, 0.29) is 5.56 Å². The quantitative estimate of drug-likeness (QED) is 0.629. The van der Waals surface area contributed by atoms with Crippen molar-refractivity contribution in [2.45, 2.75) is 13.8 Å². The number of hydrogen-bond donors (Lipinski definition) is 0. The topological polar surface area (TPSA) is 0 Å². The van der Waals surface area contributed by atoms with E-state index in [9.17, 15) is 13.2 Å². The maximum atomic E-state index is 12.9. The summed E-state index contributed by atoms with van der Waals surface area (Å²) in [5, 5.41) is 0.776. The molecule has 0 nitrogen and oxygen atoms in total. The molecule has 0 fully saturated rings. The van der Waals surface area contributed by atoms with Crippen molar-refractivity contribution < 1.29 is 13.2 Å². The summed E-state index contributed by atoms with van der Waals surface area (Å²) < 4.78 is 37.0. The summed E-state index contributed by atoms with van der Waals surface area (Å²) in [5.41, 5.74) is 1.22. The van der Waals surface area contributed by atoms with E-state index >= 15 is 0 Å². The summed E-state index contributed by atoms with van der Waals surface area (Å²) in [5.74, 6) is -1.45. The zero-order chi connectivity index (χ0) is 10.9. The van der Waals surface area contributed by atoms with Crippen LogP contribution in [0.15, 0.2) is 18.2 Å². The Bertz CT molecular complexity index is 393. The maximum absolute atomic E-state index is 12.9. The predicted molar refractivity (Wildman–Crippen MR) is 51.5 cm³/mol. The van der Waals surface area contributed by atoms with Gasteiger partial charge in [0.1, 0.15) is 0 Å². The van der Waals surface area contributed by atoms with Crippen molar-refractivity contribution in [3.05, 3.63) is 34.9 Å². The third kappa shape index (κ3) is 1.90. The molecule has 0 aliphatic heterocycles. The first kappa shape index (κ1) is 11.0. The van der Waals surface area contributed by atoms with E-state index in [1.165, 1.54) is 6.07 Å². The lowest BCUT2D eigenvalue weighted by Crippen LogP contribution is -2.09.